The second kappa shape index (κ2) is 10.4. The maximum absolute atomic E-state index is 12.7. The monoisotopic (exact) mass is 441 g/mol. The Bertz CT molecular complexity index is 1040. The molecule has 1 saturated carbocycles. The molecule has 9 nitrogen and oxygen atoms in total. The van der Waals surface area contributed by atoms with Gasteiger partial charge in [0, 0.05) is 13.0 Å². The molecule has 0 aliphatic heterocycles. The summed E-state index contributed by atoms with van der Waals surface area (Å²) in [6.07, 6.45) is 3.51. The van der Waals surface area contributed by atoms with Crippen molar-refractivity contribution >= 4 is 17.3 Å². The van der Waals surface area contributed by atoms with Crippen LogP contribution in [0.15, 0.2) is 23.0 Å². The van der Waals surface area contributed by atoms with E-state index in [0.717, 1.165) is 31.2 Å². The molecule has 1 aromatic carbocycles. The van der Waals surface area contributed by atoms with Gasteiger partial charge in [-0.2, -0.15) is 0 Å². The zero-order valence-corrected chi connectivity index (χ0v) is 18.7. The van der Waals surface area contributed by atoms with Gasteiger partial charge in [0.15, 0.2) is 0 Å². The van der Waals surface area contributed by atoms with Crippen molar-refractivity contribution in [3.63, 3.8) is 0 Å². The minimum atomic E-state index is -0.335. The Kier molecular flexibility index (Phi) is 7.63. The van der Waals surface area contributed by atoms with Crippen LogP contribution in [0.4, 0.5) is 5.69 Å². The van der Waals surface area contributed by atoms with Gasteiger partial charge in [0.25, 0.3) is 5.56 Å². The molecule has 2 aromatic rings. The van der Waals surface area contributed by atoms with Crippen molar-refractivity contribution in [1.82, 2.24) is 15.4 Å². The lowest BCUT2D eigenvalue weighted by atomic mass is 9.72. The van der Waals surface area contributed by atoms with Crippen LogP contribution in [0.2, 0.25) is 0 Å². The lowest BCUT2D eigenvalue weighted by Gasteiger charge is -2.33. The normalized spacial score (nSPS) is 17.4. The van der Waals surface area contributed by atoms with Gasteiger partial charge in [-0.3, -0.25) is 14.8 Å². The number of benzene rings is 1. The molecular formula is C23H31N5O4. The Hall–Kier alpha value is -3.20. The fraction of sp³-hybridized carbons (Fsp3) is 0.478. The topological polar surface area (TPSA) is 140 Å². The average Bonchev–Trinajstić information content (AvgIpc) is 2.76. The molecule has 1 aliphatic carbocycles. The number of carbonyl (C=O) groups is 1. The maximum Gasteiger partial charge on any atom is 0.275 e. The Balaban J connectivity index is 1.95. The van der Waals surface area contributed by atoms with Crippen LogP contribution < -0.4 is 21.1 Å². The van der Waals surface area contributed by atoms with Crippen molar-refractivity contribution in [2.45, 2.75) is 46.0 Å². The molecule has 1 heterocycles. The first kappa shape index (κ1) is 23.5. The van der Waals surface area contributed by atoms with Gasteiger partial charge in [-0.15, -0.1) is 0 Å². The summed E-state index contributed by atoms with van der Waals surface area (Å²) in [5.74, 6) is 0.834. The van der Waals surface area contributed by atoms with Crippen LogP contribution in [0.1, 0.15) is 50.8 Å². The van der Waals surface area contributed by atoms with Gasteiger partial charge < -0.3 is 20.4 Å². The maximum atomic E-state index is 12.7. The third-order valence-electron chi connectivity index (χ3n) is 5.80. The largest absolute Gasteiger partial charge is 0.493 e. The van der Waals surface area contributed by atoms with E-state index in [1.165, 1.54) is 0 Å². The van der Waals surface area contributed by atoms with Crippen LogP contribution >= 0.6 is 0 Å². The molecule has 0 bridgehead atoms. The van der Waals surface area contributed by atoms with Crippen LogP contribution in [0.5, 0.6) is 5.75 Å². The first-order chi connectivity index (χ1) is 15.4. The third-order valence-corrected chi connectivity index (χ3v) is 5.80. The van der Waals surface area contributed by atoms with Gasteiger partial charge >= 0.3 is 0 Å². The van der Waals surface area contributed by atoms with Crippen molar-refractivity contribution in [2.24, 2.45) is 11.8 Å². The second-order valence-electron chi connectivity index (χ2n) is 8.09. The summed E-state index contributed by atoms with van der Waals surface area (Å²) in [6.45, 7) is 4.33. The van der Waals surface area contributed by atoms with Crippen molar-refractivity contribution in [2.75, 3.05) is 19.0 Å². The Morgan fingerprint density at radius 3 is 2.72 bits per heavy atom. The van der Waals surface area contributed by atoms with Gasteiger partial charge in [0.2, 0.25) is 5.91 Å². The molecule has 0 spiro atoms. The van der Waals surface area contributed by atoms with E-state index >= 15 is 0 Å². The Labute approximate surface area is 187 Å². The number of hydrogen-bond donors (Lipinski definition) is 5. The molecule has 0 atom stereocenters. The summed E-state index contributed by atoms with van der Waals surface area (Å²) in [5, 5.41) is 20.0. The van der Waals surface area contributed by atoms with Gasteiger partial charge in [0.05, 0.1) is 17.9 Å². The summed E-state index contributed by atoms with van der Waals surface area (Å²) in [7, 11) is 1.64. The van der Waals surface area contributed by atoms with Crippen LogP contribution in [-0.2, 0) is 11.2 Å². The lowest BCUT2D eigenvalue weighted by Crippen LogP contribution is -2.38. The molecule has 1 fully saturated rings. The highest BCUT2D eigenvalue weighted by Crippen LogP contribution is 2.38. The highest BCUT2D eigenvalue weighted by atomic mass is 16.5. The summed E-state index contributed by atoms with van der Waals surface area (Å²) >= 11 is 0. The van der Waals surface area contributed by atoms with E-state index in [2.05, 4.69) is 15.3 Å². The van der Waals surface area contributed by atoms with Crippen LogP contribution in [-0.4, -0.2) is 40.4 Å². The molecule has 9 heteroatoms. The third kappa shape index (κ3) is 4.99. The number of aromatic amines is 1. The average molecular weight is 442 g/mol. The van der Waals surface area contributed by atoms with E-state index < -0.39 is 0 Å². The molecule has 172 valence electrons. The smallest absolute Gasteiger partial charge is 0.275 e. The second-order valence-corrected chi connectivity index (χ2v) is 8.09. The van der Waals surface area contributed by atoms with E-state index in [0.29, 0.717) is 47.5 Å². The lowest BCUT2D eigenvalue weighted by molar-refractivity contribution is -0.137. The Morgan fingerprint density at radius 1 is 1.34 bits per heavy atom. The number of amides is 1. The summed E-state index contributed by atoms with van der Waals surface area (Å²) < 4.78 is 5.79. The van der Waals surface area contributed by atoms with Gasteiger partial charge in [0.1, 0.15) is 23.0 Å². The molecular weight excluding hydrogens is 410 g/mol. The highest BCUT2D eigenvalue weighted by Gasteiger charge is 2.34. The van der Waals surface area contributed by atoms with E-state index in [1.807, 2.05) is 32.0 Å². The van der Waals surface area contributed by atoms with Crippen molar-refractivity contribution in [3.8, 4) is 17.1 Å². The number of ether oxygens (including phenoxy) is 1. The molecule has 3 rings (SSSR count). The molecule has 1 aliphatic rings. The first-order valence-electron chi connectivity index (χ1n) is 11.0. The van der Waals surface area contributed by atoms with Crippen molar-refractivity contribution in [1.29, 1.82) is 5.41 Å². The van der Waals surface area contributed by atoms with Gasteiger partial charge in [-0.05, 0) is 56.2 Å². The zero-order chi connectivity index (χ0) is 23.3. The highest BCUT2D eigenvalue weighted by molar-refractivity contribution is 6.01. The van der Waals surface area contributed by atoms with Crippen molar-refractivity contribution < 1.29 is 14.7 Å². The van der Waals surface area contributed by atoms with E-state index in [4.69, 9.17) is 15.4 Å². The SMILES string of the molecule is CCCC(=N)c1nc(-c2cc(CC3CC(C(=O)NO)C3)ccc2OCC)[nH]c(=O)c1NC. The number of H-pyrrole nitrogens is 1. The molecule has 0 unspecified atom stereocenters. The fourth-order valence-electron chi connectivity index (χ4n) is 4.13. The van der Waals surface area contributed by atoms with Gasteiger partial charge in [-0.1, -0.05) is 19.4 Å². The molecule has 32 heavy (non-hydrogen) atoms. The minimum absolute atomic E-state index is 0.147. The number of hydroxylamine groups is 1. The van der Waals surface area contributed by atoms with Gasteiger partial charge in [-0.25, -0.2) is 10.5 Å². The number of aromatic nitrogens is 2. The molecule has 5 N–H and O–H groups in total. The van der Waals surface area contributed by atoms with E-state index in [-0.39, 0.29) is 23.1 Å². The van der Waals surface area contributed by atoms with E-state index in [1.54, 1.807) is 12.5 Å². The number of nitrogens with one attached hydrogen (secondary N) is 4. The fourth-order valence-corrected chi connectivity index (χ4v) is 4.13. The molecule has 0 saturated heterocycles. The standard InChI is InChI=1S/C23H31N5O4/c1-4-6-17(24)19-20(25-3)23(30)27-21(26-19)16-12-13(7-8-18(16)32-5-2)9-14-10-15(11-14)22(29)28-31/h7-8,12,14-15,24-25,31H,4-6,9-11H2,1-3H3,(H,28,29)(H,26,27,30). The summed E-state index contributed by atoms with van der Waals surface area (Å²) in [6, 6.07) is 5.80. The van der Waals surface area contributed by atoms with Crippen LogP contribution in [0.3, 0.4) is 0 Å². The minimum Gasteiger partial charge on any atom is -0.493 e. The number of anilines is 1. The molecule has 1 aromatic heterocycles. The molecule has 1 amide bonds. The summed E-state index contributed by atoms with van der Waals surface area (Å²) in [5.41, 5.74) is 4.03. The summed E-state index contributed by atoms with van der Waals surface area (Å²) in [4.78, 5) is 31.7. The number of rotatable bonds is 10. The van der Waals surface area contributed by atoms with Crippen molar-refractivity contribution in [3.05, 3.63) is 39.8 Å². The van der Waals surface area contributed by atoms with Crippen LogP contribution in [0.25, 0.3) is 11.4 Å². The molecule has 0 radical (unpaired) electrons. The number of hydrogen-bond acceptors (Lipinski definition) is 7. The van der Waals surface area contributed by atoms with E-state index in [9.17, 15) is 9.59 Å². The van der Waals surface area contributed by atoms with Crippen LogP contribution in [0, 0.1) is 17.2 Å². The quantitative estimate of drug-likeness (QED) is 0.218. The Morgan fingerprint density at radius 2 is 2.09 bits per heavy atom. The predicted molar refractivity (Wildman–Crippen MR) is 123 cm³/mol. The number of carbonyl (C=O) groups excluding carboxylic acids is 1. The zero-order valence-electron chi connectivity index (χ0n) is 18.7. The predicted octanol–water partition coefficient (Wildman–Crippen LogP) is 3.12. The first-order valence-corrected chi connectivity index (χ1v) is 11.0. The number of nitrogens with zero attached hydrogens (tertiary/aromatic N) is 1.